The van der Waals surface area contributed by atoms with E-state index in [4.69, 9.17) is 22.4 Å². The first-order valence-electron chi connectivity index (χ1n) is 10.1. The molecule has 0 aliphatic heterocycles. The molecule has 154 valence electrons. The van der Waals surface area contributed by atoms with Gasteiger partial charge in [-0.1, -0.05) is 29.8 Å². The summed E-state index contributed by atoms with van der Waals surface area (Å²) in [4.78, 5) is 11.1. The third-order valence-corrected chi connectivity index (χ3v) is 5.95. The summed E-state index contributed by atoms with van der Waals surface area (Å²) < 4.78 is 1.40. The third-order valence-electron chi connectivity index (χ3n) is 5.71. The lowest BCUT2D eigenvalue weighted by Gasteiger charge is -2.22. The highest BCUT2D eigenvalue weighted by molar-refractivity contribution is 6.31. The highest BCUT2D eigenvalue weighted by Gasteiger charge is 2.23. The van der Waals surface area contributed by atoms with E-state index in [0.29, 0.717) is 22.3 Å². The van der Waals surface area contributed by atoms with Crippen molar-refractivity contribution >= 4 is 40.3 Å². The van der Waals surface area contributed by atoms with E-state index in [2.05, 4.69) is 28.2 Å². The van der Waals surface area contributed by atoms with Crippen molar-refractivity contribution in [1.82, 2.24) is 14.5 Å². The number of halogens is 1. The molecule has 6 nitrogen and oxygen atoms in total. The van der Waals surface area contributed by atoms with Crippen LogP contribution in [0.4, 0.5) is 11.5 Å². The maximum absolute atomic E-state index is 8.28. The van der Waals surface area contributed by atoms with E-state index in [-0.39, 0.29) is 5.62 Å². The lowest BCUT2D eigenvalue weighted by atomic mass is 10.1. The number of hydrogen-bond acceptors (Lipinski definition) is 5. The van der Waals surface area contributed by atoms with E-state index in [1.54, 1.807) is 12.1 Å². The van der Waals surface area contributed by atoms with Crippen LogP contribution in [-0.2, 0) is 0 Å². The monoisotopic (exact) mass is 428 g/mol. The Morgan fingerprint density at radius 2 is 1.97 bits per heavy atom. The van der Waals surface area contributed by atoms with Gasteiger partial charge in [0.25, 0.3) is 0 Å². The summed E-state index contributed by atoms with van der Waals surface area (Å²) in [7, 11) is 1.92. The molecular formula is C24H21ClN6. The van der Waals surface area contributed by atoms with Gasteiger partial charge in [0, 0.05) is 34.9 Å². The number of nitrogens with one attached hydrogen (secondary N) is 2. The molecule has 31 heavy (non-hydrogen) atoms. The molecule has 0 saturated heterocycles. The zero-order chi connectivity index (χ0) is 21.5. The number of anilines is 2. The maximum atomic E-state index is 8.28. The molecule has 0 unspecified atom stereocenters. The number of nitrogens with zero attached hydrogens (tertiary/aromatic N) is 4. The molecule has 2 heterocycles. The van der Waals surface area contributed by atoms with Crippen LogP contribution in [-0.4, -0.2) is 27.9 Å². The second-order valence-corrected chi connectivity index (χ2v) is 8.22. The minimum Gasteiger partial charge on any atom is -0.329 e. The van der Waals surface area contributed by atoms with Gasteiger partial charge >= 0.3 is 0 Å². The normalized spacial score (nSPS) is 13.4. The van der Waals surface area contributed by atoms with Gasteiger partial charge in [-0.3, -0.25) is 20.4 Å². The van der Waals surface area contributed by atoms with Crippen molar-refractivity contribution in [3.63, 3.8) is 0 Å². The van der Waals surface area contributed by atoms with E-state index >= 15 is 0 Å². The Morgan fingerprint density at radius 1 is 1.13 bits per heavy atom. The summed E-state index contributed by atoms with van der Waals surface area (Å²) in [6.45, 7) is 0. The first kappa shape index (κ1) is 19.5. The standard InChI is InChI=1S/C24H21ClN6/c1-30(23-20-9-8-18(25)12-22(20)31(14-26)24(27)29-23)19-4-2-3-16(11-19)21-10-7-17(13-28-21)15-5-6-15/h2-4,7-15,26-27H,5-6H2,1H3. The molecule has 2 aromatic carbocycles. The molecule has 0 radical (unpaired) electrons. The molecule has 1 saturated carbocycles. The fourth-order valence-electron chi connectivity index (χ4n) is 3.84. The number of aromatic nitrogens is 3. The molecule has 0 bridgehead atoms. The summed E-state index contributed by atoms with van der Waals surface area (Å²) in [6.07, 6.45) is 5.60. The van der Waals surface area contributed by atoms with E-state index in [9.17, 15) is 0 Å². The predicted molar refractivity (Wildman–Crippen MR) is 124 cm³/mol. The fourth-order valence-corrected chi connectivity index (χ4v) is 4.00. The first-order valence-corrected chi connectivity index (χ1v) is 10.5. The Morgan fingerprint density at radius 3 is 2.68 bits per heavy atom. The van der Waals surface area contributed by atoms with Gasteiger partial charge in [-0.25, -0.2) is 0 Å². The highest BCUT2D eigenvalue weighted by Crippen LogP contribution is 2.40. The highest BCUT2D eigenvalue weighted by atomic mass is 35.5. The van der Waals surface area contributed by atoms with Crippen molar-refractivity contribution in [3.05, 3.63) is 77.0 Å². The van der Waals surface area contributed by atoms with Gasteiger partial charge in [0.1, 0.15) is 5.82 Å². The molecule has 1 fully saturated rings. The molecule has 2 N–H and O–H groups in total. The molecule has 5 rings (SSSR count). The quantitative estimate of drug-likeness (QED) is 0.333. The topological polar surface area (TPSA) is 81.7 Å². The van der Waals surface area contributed by atoms with Crippen LogP contribution in [0.5, 0.6) is 0 Å². The Hall–Kier alpha value is -3.51. The molecule has 2 aromatic heterocycles. The summed E-state index contributed by atoms with van der Waals surface area (Å²) >= 11 is 6.18. The smallest absolute Gasteiger partial charge is 0.229 e. The second kappa shape index (κ2) is 7.63. The largest absolute Gasteiger partial charge is 0.329 e. The Bertz CT molecular complexity index is 1360. The minimum absolute atomic E-state index is 0.0277. The van der Waals surface area contributed by atoms with Crippen LogP contribution in [0, 0.1) is 10.8 Å². The van der Waals surface area contributed by atoms with Crippen LogP contribution in [0.15, 0.2) is 60.8 Å². The molecular weight excluding hydrogens is 408 g/mol. The number of rotatable bonds is 5. The maximum Gasteiger partial charge on any atom is 0.229 e. The van der Waals surface area contributed by atoms with Crippen molar-refractivity contribution < 1.29 is 0 Å². The van der Waals surface area contributed by atoms with E-state index in [0.717, 1.165) is 28.7 Å². The summed E-state index contributed by atoms with van der Waals surface area (Å²) in [5, 5.41) is 17.3. The van der Waals surface area contributed by atoms with Gasteiger partial charge in [0.15, 0.2) is 0 Å². The summed E-state index contributed by atoms with van der Waals surface area (Å²) in [6, 6.07) is 17.8. The summed E-state index contributed by atoms with van der Waals surface area (Å²) in [5.41, 5.74) is 4.84. The van der Waals surface area contributed by atoms with Gasteiger partial charge in [0.2, 0.25) is 5.62 Å². The molecule has 1 aliphatic rings. The summed E-state index contributed by atoms with van der Waals surface area (Å²) in [5.74, 6) is 1.32. The number of benzene rings is 2. The Labute approximate surface area is 184 Å². The number of hydrogen-bond donors (Lipinski definition) is 2. The minimum atomic E-state index is -0.0277. The Kier molecular flexibility index (Phi) is 4.79. The molecule has 7 heteroatoms. The van der Waals surface area contributed by atoms with Crippen molar-refractivity contribution in [3.8, 4) is 11.3 Å². The second-order valence-electron chi connectivity index (χ2n) is 7.78. The lowest BCUT2D eigenvalue weighted by Crippen LogP contribution is -2.26. The van der Waals surface area contributed by atoms with Crippen LogP contribution in [0.2, 0.25) is 5.02 Å². The van der Waals surface area contributed by atoms with Gasteiger partial charge in [-0.05, 0) is 60.7 Å². The molecule has 1 aliphatic carbocycles. The van der Waals surface area contributed by atoms with Crippen LogP contribution in [0.25, 0.3) is 22.2 Å². The van der Waals surface area contributed by atoms with Gasteiger partial charge < -0.3 is 4.90 Å². The lowest BCUT2D eigenvalue weighted by molar-refractivity contribution is 0.915. The molecule has 0 spiro atoms. The number of pyridine rings is 1. The zero-order valence-corrected chi connectivity index (χ0v) is 17.8. The van der Waals surface area contributed by atoms with Gasteiger partial charge in [-0.2, -0.15) is 4.98 Å². The predicted octanol–water partition coefficient (Wildman–Crippen LogP) is 5.33. The van der Waals surface area contributed by atoms with Crippen molar-refractivity contribution in [2.24, 2.45) is 0 Å². The molecule has 4 aromatic rings. The van der Waals surface area contributed by atoms with Gasteiger partial charge in [0.05, 0.1) is 17.5 Å². The fraction of sp³-hybridized carbons (Fsp3) is 0.167. The van der Waals surface area contributed by atoms with Crippen LogP contribution in [0.3, 0.4) is 0 Å². The first-order chi connectivity index (χ1) is 15.0. The number of fused-ring (bicyclic) bond motifs is 1. The van der Waals surface area contributed by atoms with Crippen LogP contribution < -0.4 is 10.5 Å². The molecule has 0 atom stereocenters. The molecule has 0 amide bonds. The van der Waals surface area contributed by atoms with E-state index < -0.39 is 0 Å². The van der Waals surface area contributed by atoms with Crippen molar-refractivity contribution in [2.75, 3.05) is 11.9 Å². The average Bonchev–Trinajstić information content (AvgIpc) is 3.64. The van der Waals surface area contributed by atoms with Gasteiger partial charge in [-0.15, -0.1) is 0 Å². The van der Waals surface area contributed by atoms with Crippen LogP contribution >= 0.6 is 11.6 Å². The third kappa shape index (κ3) is 3.59. The van der Waals surface area contributed by atoms with Crippen LogP contribution in [0.1, 0.15) is 24.3 Å². The van der Waals surface area contributed by atoms with Crippen molar-refractivity contribution in [1.29, 1.82) is 10.8 Å². The van der Waals surface area contributed by atoms with Crippen molar-refractivity contribution in [2.45, 2.75) is 18.8 Å². The SMILES string of the molecule is CN(c1cccc(-c2ccc(C3CC3)cn2)c1)c1nc(=N)n(C=N)c2cc(Cl)ccc12. The zero-order valence-electron chi connectivity index (χ0n) is 17.0. The van der Waals surface area contributed by atoms with E-state index in [1.807, 2.05) is 42.4 Å². The Balaban J connectivity index is 1.57. The average molecular weight is 429 g/mol. The van der Waals surface area contributed by atoms with E-state index in [1.165, 1.54) is 23.0 Å².